The highest BCUT2D eigenvalue weighted by molar-refractivity contribution is 5.67. The van der Waals surface area contributed by atoms with Gasteiger partial charge in [-0.05, 0) is 48.7 Å². The van der Waals surface area contributed by atoms with Gasteiger partial charge in [0.1, 0.15) is 11.6 Å². The number of nitrogens with zero attached hydrogens (tertiary/aromatic N) is 2. The van der Waals surface area contributed by atoms with Crippen LogP contribution in [-0.2, 0) is 17.8 Å². The monoisotopic (exact) mass is 384 g/mol. The van der Waals surface area contributed by atoms with Gasteiger partial charge in [-0.25, -0.2) is 13.5 Å². The number of carboxylic acid groups (broad SMARTS) is 1. The molecule has 0 amide bonds. The summed E-state index contributed by atoms with van der Waals surface area (Å²) in [6.07, 6.45) is -0.182. The topological polar surface area (TPSA) is 72.2 Å². The van der Waals surface area contributed by atoms with Crippen LogP contribution >= 0.6 is 0 Å². The van der Waals surface area contributed by atoms with Gasteiger partial charge in [0.25, 0.3) is 5.56 Å². The highest BCUT2D eigenvalue weighted by Crippen LogP contribution is 2.20. The molecule has 7 heteroatoms. The summed E-state index contributed by atoms with van der Waals surface area (Å²) in [7, 11) is 0. The van der Waals surface area contributed by atoms with E-state index < -0.39 is 23.2 Å². The minimum absolute atomic E-state index is 0.0292. The molecular formula is C21H18F2N2O3. The molecule has 28 heavy (non-hydrogen) atoms. The Bertz CT molecular complexity index is 1080. The fourth-order valence-electron chi connectivity index (χ4n) is 2.78. The summed E-state index contributed by atoms with van der Waals surface area (Å²) in [5, 5.41) is 13.3. The van der Waals surface area contributed by atoms with Gasteiger partial charge in [0.2, 0.25) is 0 Å². The zero-order valence-corrected chi connectivity index (χ0v) is 15.2. The lowest BCUT2D eigenvalue weighted by atomic mass is 10.1. The van der Waals surface area contributed by atoms with E-state index in [0.29, 0.717) is 22.4 Å². The molecule has 0 atom stereocenters. The first-order chi connectivity index (χ1) is 13.3. The van der Waals surface area contributed by atoms with Crippen LogP contribution in [0.25, 0.3) is 11.3 Å². The van der Waals surface area contributed by atoms with Crippen molar-refractivity contribution in [1.29, 1.82) is 0 Å². The Morgan fingerprint density at radius 1 is 1.11 bits per heavy atom. The molecule has 0 radical (unpaired) electrons. The summed E-state index contributed by atoms with van der Waals surface area (Å²) in [6.45, 7) is 1.72. The third-order valence-electron chi connectivity index (χ3n) is 4.37. The van der Waals surface area contributed by atoms with Crippen molar-refractivity contribution in [2.45, 2.75) is 26.3 Å². The van der Waals surface area contributed by atoms with Gasteiger partial charge in [-0.3, -0.25) is 9.59 Å². The van der Waals surface area contributed by atoms with Crippen molar-refractivity contribution in [3.8, 4) is 11.3 Å². The number of carbonyl (C=O) groups is 1. The normalized spacial score (nSPS) is 10.8. The molecule has 1 heterocycles. The van der Waals surface area contributed by atoms with Crippen LogP contribution in [0.15, 0.2) is 53.3 Å². The molecule has 0 aliphatic carbocycles. The van der Waals surface area contributed by atoms with Gasteiger partial charge < -0.3 is 5.11 Å². The van der Waals surface area contributed by atoms with Crippen LogP contribution in [0.1, 0.15) is 23.1 Å². The van der Waals surface area contributed by atoms with Crippen molar-refractivity contribution in [3.05, 3.63) is 87.2 Å². The standard InChI is InChI=1S/C21H18F2N2O3/c1-13-2-5-15(10-18(13)23)19-11-16(6-9-20(26)27)21(28)25(24-19)12-14-3-7-17(22)8-4-14/h2-5,7-8,10-11H,6,9,12H2,1H3,(H,26,27). The fourth-order valence-corrected chi connectivity index (χ4v) is 2.78. The van der Waals surface area contributed by atoms with E-state index in [1.54, 1.807) is 31.2 Å². The van der Waals surface area contributed by atoms with Crippen LogP contribution in [0.2, 0.25) is 0 Å². The Labute approximate surface area is 159 Å². The number of aromatic nitrogens is 2. The number of benzene rings is 2. The summed E-state index contributed by atoms with van der Waals surface area (Å²) in [5.74, 6) is -1.82. The summed E-state index contributed by atoms with van der Waals surface area (Å²) in [6, 6.07) is 11.8. The quantitative estimate of drug-likeness (QED) is 0.705. The van der Waals surface area contributed by atoms with Gasteiger partial charge in [-0.1, -0.05) is 24.3 Å². The van der Waals surface area contributed by atoms with E-state index >= 15 is 0 Å². The number of hydrogen-bond donors (Lipinski definition) is 1. The molecule has 3 aromatic rings. The number of hydrogen-bond acceptors (Lipinski definition) is 3. The molecule has 1 aromatic heterocycles. The molecule has 0 aliphatic heterocycles. The first-order valence-corrected chi connectivity index (χ1v) is 8.67. The molecule has 1 N–H and O–H groups in total. The van der Waals surface area contributed by atoms with Crippen LogP contribution in [0.3, 0.4) is 0 Å². The minimum Gasteiger partial charge on any atom is -0.481 e. The first-order valence-electron chi connectivity index (χ1n) is 8.67. The van der Waals surface area contributed by atoms with Crippen molar-refractivity contribution < 1.29 is 18.7 Å². The van der Waals surface area contributed by atoms with Gasteiger partial charge in [-0.15, -0.1) is 0 Å². The van der Waals surface area contributed by atoms with E-state index in [1.165, 1.54) is 28.9 Å². The minimum atomic E-state index is -1.02. The maximum absolute atomic E-state index is 14.0. The van der Waals surface area contributed by atoms with Gasteiger partial charge in [0.15, 0.2) is 0 Å². The Hall–Kier alpha value is -3.35. The molecule has 3 rings (SSSR count). The Morgan fingerprint density at radius 2 is 1.82 bits per heavy atom. The zero-order valence-electron chi connectivity index (χ0n) is 15.2. The largest absolute Gasteiger partial charge is 0.481 e. The molecule has 0 spiro atoms. The molecular weight excluding hydrogens is 366 g/mol. The lowest BCUT2D eigenvalue weighted by molar-refractivity contribution is -0.136. The van der Waals surface area contributed by atoms with E-state index in [0.717, 1.165) is 0 Å². The van der Waals surface area contributed by atoms with Crippen LogP contribution in [0.5, 0.6) is 0 Å². The number of aryl methyl sites for hydroxylation is 2. The molecule has 2 aromatic carbocycles. The molecule has 5 nitrogen and oxygen atoms in total. The van der Waals surface area contributed by atoms with Gasteiger partial charge in [0, 0.05) is 17.5 Å². The van der Waals surface area contributed by atoms with Crippen molar-refractivity contribution in [2.24, 2.45) is 0 Å². The third-order valence-corrected chi connectivity index (χ3v) is 4.37. The highest BCUT2D eigenvalue weighted by atomic mass is 19.1. The maximum Gasteiger partial charge on any atom is 0.303 e. The number of rotatable bonds is 6. The molecule has 0 unspecified atom stereocenters. The molecule has 0 bridgehead atoms. The highest BCUT2D eigenvalue weighted by Gasteiger charge is 2.13. The summed E-state index contributed by atoms with van der Waals surface area (Å²) in [4.78, 5) is 23.6. The van der Waals surface area contributed by atoms with Crippen molar-refractivity contribution >= 4 is 5.97 Å². The summed E-state index contributed by atoms with van der Waals surface area (Å²) < 4.78 is 28.3. The van der Waals surface area contributed by atoms with E-state index in [4.69, 9.17) is 5.11 Å². The SMILES string of the molecule is Cc1ccc(-c2cc(CCC(=O)O)c(=O)n(Cc3ccc(F)cc3)n2)cc1F. The number of halogens is 2. The van der Waals surface area contributed by atoms with E-state index in [-0.39, 0.29) is 24.9 Å². The number of aliphatic carboxylic acids is 1. The van der Waals surface area contributed by atoms with Crippen molar-refractivity contribution in [3.63, 3.8) is 0 Å². The lowest BCUT2D eigenvalue weighted by Gasteiger charge is -2.11. The van der Waals surface area contributed by atoms with E-state index in [2.05, 4.69) is 5.10 Å². The van der Waals surface area contributed by atoms with Crippen LogP contribution < -0.4 is 5.56 Å². The molecule has 0 saturated carbocycles. The maximum atomic E-state index is 14.0. The van der Waals surface area contributed by atoms with Gasteiger partial charge in [0.05, 0.1) is 12.2 Å². The smallest absolute Gasteiger partial charge is 0.303 e. The molecule has 0 aliphatic rings. The van der Waals surface area contributed by atoms with Gasteiger partial charge in [-0.2, -0.15) is 5.10 Å². The predicted molar refractivity (Wildman–Crippen MR) is 100 cm³/mol. The van der Waals surface area contributed by atoms with Crippen LogP contribution in [-0.4, -0.2) is 20.9 Å². The molecule has 0 saturated heterocycles. The second-order valence-corrected chi connectivity index (χ2v) is 6.50. The third kappa shape index (κ3) is 4.49. The van der Waals surface area contributed by atoms with Crippen molar-refractivity contribution in [2.75, 3.05) is 0 Å². The molecule has 0 fully saturated rings. The van der Waals surface area contributed by atoms with Gasteiger partial charge >= 0.3 is 5.97 Å². The van der Waals surface area contributed by atoms with Crippen molar-refractivity contribution in [1.82, 2.24) is 9.78 Å². The summed E-state index contributed by atoms with van der Waals surface area (Å²) >= 11 is 0. The Kier molecular flexibility index (Phi) is 5.63. The van der Waals surface area contributed by atoms with Crippen LogP contribution in [0.4, 0.5) is 8.78 Å². The Morgan fingerprint density at radius 3 is 2.46 bits per heavy atom. The first kappa shape index (κ1) is 19.4. The van der Waals surface area contributed by atoms with Crippen LogP contribution in [0, 0.1) is 18.6 Å². The second kappa shape index (κ2) is 8.12. The zero-order chi connectivity index (χ0) is 20.3. The lowest BCUT2D eigenvalue weighted by Crippen LogP contribution is -2.27. The molecule has 144 valence electrons. The average molecular weight is 384 g/mol. The summed E-state index contributed by atoms with van der Waals surface area (Å²) in [5.41, 5.74) is 1.83. The Balaban J connectivity index is 2.07. The van der Waals surface area contributed by atoms with E-state index in [1.807, 2.05) is 0 Å². The fraction of sp³-hybridized carbons (Fsp3) is 0.190. The number of carboxylic acids is 1. The second-order valence-electron chi connectivity index (χ2n) is 6.50. The average Bonchev–Trinajstić information content (AvgIpc) is 2.66. The van der Waals surface area contributed by atoms with E-state index in [9.17, 15) is 18.4 Å². The predicted octanol–water partition coefficient (Wildman–Crippen LogP) is 3.56.